The third-order valence-corrected chi connectivity index (χ3v) is 2.35. The fraction of sp³-hybridized carbons (Fsp3) is 0.100. The molecule has 7 nitrogen and oxygen atoms in total. The average molecular weight is 228 g/mol. The highest BCUT2D eigenvalue weighted by Gasteiger charge is 2.05. The summed E-state index contributed by atoms with van der Waals surface area (Å²) in [6.07, 6.45) is 6.36. The third kappa shape index (κ3) is 1.78. The summed E-state index contributed by atoms with van der Waals surface area (Å²) < 4.78 is 1.66. The molecule has 17 heavy (non-hydrogen) atoms. The van der Waals surface area contributed by atoms with E-state index in [4.69, 9.17) is 0 Å². The van der Waals surface area contributed by atoms with Crippen LogP contribution in [0, 0.1) is 0 Å². The Hall–Kier alpha value is -2.57. The SMILES string of the molecule is O=c1[nH]cnc2cn(Cc3ccnnc3)nc12. The van der Waals surface area contributed by atoms with Crippen LogP contribution in [0.25, 0.3) is 11.0 Å². The van der Waals surface area contributed by atoms with Gasteiger partial charge in [0, 0.05) is 6.20 Å². The smallest absolute Gasteiger partial charge is 0.279 e. The van der Waals surface area contributed by atoms with Crippen molar-refractivity contribution in [1.29, 1.82) is 0 Å². The molecule has 3 aromatic heterocycles. The second kappa shape index (κ2) is 3.78. The lowest BCUT2D eigenvalue weighted by Crippen LogP contribution is -2.07. The van der Waals surface area contributed by atoms with Crippen molar-refractivity contribution in [1.82, 2.24) is 29.9 Å². The first-order valence-corrected chi connectivity index (χ1v) is 4.99. The Morgan fingerprint density at radius 1 is 1.35 bits per heavy atom. The van der Waals surface area contributed by atoms with Gasteiger partial charge in [0.1, 0.15) is 5.52 Å². The normalized spacial score (nSPS) is 10.8. The van der Waals surface area contributed by atoms with Crippen LogP contribution in [0.15, 0.2) is 35.8 Å². The van der Waals surface area contributed by atoms with Gasteiger partial charge in [-0.15, -0.1) is 0 Å². The Morgan fingerprint density at radius 2 is 2.29 bits per heavy atom. The average Bonchev–Trinajstić information content (AvgIpc) is 2.74. The van der Waals surface area contributed by atoms with Crippen molar-refractivity contribution >= 4 is 11.0 Å². The summed E-state index contributed by atoms with van der Waals surface area (Å²) in [5.41, 5.74) is 1.65. The number of nitrogens with zero attached hydrogens (tertiary/aromatic N) is 5. The van der Waals surface area contributed by atoms with Gasteiger partial charge < -0.3 is 4.98 Å². The van der Waals surface area contributed by atoms with E-state index in [0.29, 0.717) is 17.6 Å². The lowest BCUT2D eigenvalue weighted by atomic mass is 10.3. The molecule has 84 valence electrons. The maximum atomic E-state index is 11.5. The molecule has 0 unspecified atom stereocenters. The molecule has 0 radical (unpaired) electrons. The van der Waals surface area contributed by atoms with Crippen molar-refractivity contribution in [2.75, 3.05) is 0 Å². The Morgan fingerprint density at radius 3 is 3.06 bits per heavy atom. The summed E-state index contributed by atoms with van der Waals surface area (Å²) >= 11 is 0. The van der Waals surface area contributed by atoms with Gasteiger partial charge in [0.15, 0.2) is 5.52 Å². The van der Waals surface area contributed by atoms with Crippen molar-refractivity contribution < 1.29 is 0 Å². The number of H-pyrrole nitrogens is 1. The summed E-state index contributed by atoms with van der Waals surface area (Å²) in [4.78, 5) is 18.0. The number of rotatable bonds is 2. The molecule has 0 bridgehead atoms. The van der Waals surface area contributed by atoms with E-state index in [-0.39, 0.29) is 5.56 Å². The Bertz CT molecular complexity index is 701. The highest BCUT2D eigenvalue weighted by atomic mass is 16.1. The Labute approximate surface area is 95.2 Å². The van der Waals surface area contributed by atoms with E-state index in [9.17, 15) is 4.79 Å². The highest BCUT2D eigenvalue weighted by Crippen LogP contribution is 2.05. The predicted molar refractivity (Wildman–Crippen MR) is 59.3 cm³/mol. The molecular weight excluding hydrogens is 220 g/mol. The molecule has 3 rings (SSSR count). The van der Waals surface area contributed by atoms with Crippen LogP contribution in [-0.2, 0) is 6.54 Å². The zero-order valence-electron chi connectivity index (χ0n) is 8.74. The molecule has 0 atom stereocenters. The van der Waals surface area contributed by atoms with Crippen LogP contribution in [0.1, 0.15) is 5.56 Å². The van der Waals surface area contributed by atoms with Crippen LogP contribution in [-0.4, -0.2) is 29.9 Å². The van der Waals surface area contributed by atoms with Crippen LogP contribution < -0.4 is 5.56 Å². The van der Waals surface area contributed by atoms with E-state index in [1.807, 2.05) is 6.07 Å². The van der Waals surface area contributed by atoms with Crippen LogP contribution in [0.4, 0.5) is 0 Å². The highest BCUT2D eigenvalue weighted by molar-refractivity contribution is 5.71. The van der Waals surface area contributed by atoms with Gasteiger partial charge in [-0.05, 0) is 11.6 Å². The van der Waals surface area contributed by atoms with Gasteiger partial charge >= 0.3 is 0 Å². The van der Waals surface area contributed by atoms with Crippen molar-refractivity contribution in [2.45, 2.75) is 6.54 Å². The standard InChI is InChI=1S/C10H8N6O/c17-10-9-8(11-6-12-10)5-16(15-9)4-7-1-2-13-14-3-7/h1-3,5-6H,4H2,(H,11,12,17). The molecule has 0 aliphatic rings. The summed E-state index contributed by atoms with van der Waals surface area (Å²) in [5.74, 6) is 0. The first-order valence-electron chi connectivity index (χ1n) is 4.99. The lowest BCUT2D eigenvalue weighted by Gasteiger charge is -1.98. The monoisotopic (exact) mass is 228 g/mol. The third-order valence-electron chi connectivity index (χ3n) is 2.35. The molecule has 0 amide bonds. The van der Waals surface area contributed by atoms with Crippen molar-refractivity contribution in [2.24, 2.45) is 0 Å². The van der Waals surface area contributed by atoms with Gasteiger partial charge in [-0.2, -0.15) is 15.3 Å². The minimum absolute atomic E-state index is 0.235. The van der Waals surface area contributed by atoms with Crippen LogP contribution >= 0.6 is 0 Å². The number of aromatic amines is 1. The molecule has 3 aromatic rings. The quantitative estimate of drug-likeness (QED) is 0.664. The number of hydrogen-bond donors (Lipinski definition) is 1. The van der Waals surface area contributed by atoms with Gasteiger partial charge in [0.25, 0.3) is 5.56 Å². The minimum Gasteiger partial charge on any atom is -0.311 e. The van der Waals surface area contributed by atoms with Crippen LogP contribution in [0.3, 0.4) is 0 Å². The number of hydrogen-bond acceptors (Lipinski definition) is 5. The van der Waals surface area contributed by atoms with Crippen molar-refractivity contribution in [3.63, 3.8) is 0 Å². The largest absolute Gasteiger partial charge is 0.311 e. The summed E-state index contributed by atoms with van der Waals surface area (Å²) in [6.45, 7) is 0.533. The first kappa shape index (κ1) is 9.64. The molecule has 0 spiro atoms. The number of fused-ring (bicyclic) bond motifs is 1. The van der Waals surface area contributed by atoms with Gasteiger partial charge in [-0.1, -0.05) is 0 Å². The molecule has 7 heteroatoms. The molecule has 0 aliphatic carbocycles. The van der Waals surface area contributed by atoms with Crippen LogP contribution in [0.5, 0.6) is 0 Å². The van der Waals surface area contributed by atoms with Gasteiger partial charge in [0.2, 0.25) is 0 Å². The second-order valence-electron chi connectivity index (χ2n) is 3.54. The molecule has 0 saturated carbocycles. The van der Waals surface area contributed by atoms with Gasteiger partial charge in [0.05, 0.1) is 25.3 Å². The summed E-state index contributed by atoms with van der Waals surface area (Å²) in [6, 6.07) is 1.84. The van der Waals surface area contributed by atoms with Crippen LogP contribution in [0.2, 0.25) is 0 Å². The second-order valence-corrected chi connectivity index (χ2v) is 3.54. The van der Waals surface area contributed by atoms with Gasteiger partial charge in [-0.3, -0.25) is 9.48 Å². The predicted octanol–water partition coefficient (Wildman–Crippen LogP) is -0.0421. The van der Waals surface area contributed by atoms with E-state index in [0.717, 1.165) is 5.56 Å². The fourth-order valence-corrected chi connectivity index (χ4v) is 1.58. The first-order chi connectivity index (χ1) is 8.33. The number of nitrogens with one attached hydrogen (secondary N) is 1. The zero-order valence-corrected chi connectivity index (χ0v) is 8.74. The molecule has 3 heterocycles. The maximum absolute atomic E-state index is 11.5. The molecule has 0 saturated heterocycles. The van der Waals surface area contributed by atoms with Gasteiger partial charge in [-0.25, -0.2) is 4.98 Å². The summed E-state index contributed by atoms with van der Waals surface area (Å²) in [7, 11) is 0. The van der Waals surface area contributed by atoms with E-state index >= 15 is 0 Å². The zero-order chi connectivity index (χ0) is 11.7. The molecule has 0 fully saturated rings. The molecule has 0 aliphatic heterocycles. The number of aromatic nitrogens is 6. The van der Waals surface area contributed by atoms with E-state index in [1.165, 1.54) is 6.33 Å². The van der Waals surface area contributed by atoms with Crippen molar-refractivity contribution in [3.05, 3.63) is 46.9 Å². The van der Waals surface area contributed by atoms with E-state index in [1.54, 1.807) is 23.3 Å². The van der Waals surface area contributed by atoms with Crippen molar-refractivity contribution in [3.8, 4) is 0 Å². The fourth-order valence-electron chi connectivity index (χ4n) is 1.58. The Kier molecular flexibility index (Phi) is 2.14. The van der Waals surface area contributed by atoms with E-state index < -0.39 is 0 Å². The Balaban J connectivity index is 2.02. The molecule has 1 N–H and O–H groups in total. The van der Waals surface area contributed by atoms with E-state index in [2.05, 4.69) is 25.3 Å². The molecule has 0 aromatic carbocycles. The topological polar surface area (TPSA) is 89.4 Å². The maximum Gasteiger partial charge on any atom is 0.279 e. The molecular formula is C10H8N6O. The summed E-state index contributed by atoms with van der Waals surface area (Å²) in [5, 5.41) is 11.6. The minimum atomic E-state index is -0.235. The lowest BCUT2D eigenvalue weighted by molar-refractivity contribution is 0.690.